The summed E-state index contributed by atoms with van der Waals surface area (Å²) < 4.78 is 4.50. The van der Waals surface area contributed by atoms with Gasteiger partial charge in [0.1, 0.15) is 0 Å². The maximum atomic E-state index is 10.8. The molecular weight excluding hydrogens is 116 g/mol. The summed E-state index contributed by atoms with van der Waals surface area (Å²) in [6, 6.07) is 0. The van der Waals surface area contributed by atoms with E-state index in [9.17, 15) is 4.79 Å². The molecule has 0 heterocycles. The molecule has 9 heavy (non-hydrogen) atoms. The molecule has 0 aromatic heterocycles. The van der Waals surface area contributed by atoms with Gasteiger partial charge in [0, 0.05) is 0 Å². The molecule has 0 aromatic carbocycles. The first kappa shape index (κ1) is 8.21. The minimum Gasteiger partial charge on any atom is -0.468 e. The zero-order valence-electron chi connectivity index (χ0n) is 6.10. The van der Waals surface area contributed by atoms with Crippen LogP contribution in [0.4, 0.5) is 0 Å². The van der Waals surface area contributed by atoms with E-state index in [-0.39, 0.29) is 5.97 Å². The number of esters is 1. The summed E-state index contributed by atoms with van der Waals surface area (Å²) in [5.41, 5.74) is -0.547. The van der Waals surface area contributed by atoms with Crippen LogP contribution in [-0.4, -0.2) is 13.1 Å². The van der Waals surface area contributed by atoms with E-state index in [1.165, 1.54) is 7.11 Å². The summed E-state index contributed by atoms with van der Waals surface area (Å²) in [7, 11) is 1.37. The highest BCUT2D eigenvalue weighted by Crippen LogP contribution is 2.16. The van der Waals surface area contributed by atoms with Crippen LogP contribution in [0.1, 0.15) is 13.8 Å². The SMILES string of the molecule is C=CC(C)(C)C(=O)OC. The fraction of sp³-hybridized carbons (Fsp3) is 0.571. The predicted octanol–water partition coefficient (Wildman–Crippen LogP) is 1.37. The lowest BCUT2D eigenvalue weighted by Gasteiger charge is -2.14. The summed E-state index contributed by atoms with van der Waals surface area (Å²) in [6.07, 6.45) is 1.57. The normalized spacial score (nSPS) is 10.6. The summed E-state index contributed by atoms with van der Waals surface area (Å²) in [5.74, 6) is -0.252. The minimum atomic E-state index is -0.547. The largest absolute Gasteiger partial charge is 0.468 e. The second-order valence-corrected chi connectivity index (χ2v) is 2.42. The van der Waals surface area contributed by atoms with Crippen LogP contribution in [0.25, 0.3) is 0 Å². The van der Waals surface area contributed by atoms with Crippen LogP contribution in [-0.2, 0) is 9.53 Å². The Balaban J connectivity index is 4.14. The van der Waals surface area contributed by atoms with E-state index in [1.54, 1.807) is 19.9 Å². The van der Waals surface area contributed by atoms with Gasteiger partial charge in [-0.05, 0) is 13.8 Å². The van der Waals surface area contributed by atoms with Gasteiger partial charge in [0.15, 0.2) is 0 Å². The van der Waals surface area contributed by atoms with E-state index >= 15 is 0 Å². The van der Waals surface area contributed by atoms with Crippen LogP contribution < -0.4 is 0 Å². The molecule has 0 aliphatic heterocycles. The number of hydrogen-bond donors (Lipinski definition) is 0. The van der Waals surface area contributed by atoms with E-state index in [0.717, 1.165) is 0 Å². The maximum Gasteiger partial charge on any atom is 0.315 e. The average molecular weight is 128 g/mol. The Kier molecular flexibility index (Phi) is 2.43. The van der Waals surface area contributed by atoms with Crippen molar-refractivity contribution in [1.29, 1.82) is 0 Å². The predicted molar refractivity (Wildman–Crippen MR) is 36.0 cm³/mol. The van der Waals surface area contributed by atoms with Crippen LogP contribution in [0, 0.1) is 5.41 Å². The van der Waals surface area contributed by atoms with E-state index < -0.39 is 5.41 Å². The number of rotatable bonds is 2. The summed E-state index contributed by atoms with van der Waals surface area (Å²) in [6.45, 7) is 7.01. The third-order valence-electron chi connectivity index (χ3n) is 1.22. The Labute approximate surface area is 55.5 Å². The number of carbonyl (C=O) groups excluding carboxylic acids is 1. The molecule has 0 aliphatic rings. The molecule has 0 fully saturated rings. The van der Waals surface area contributed by atoms with Gasteiger partial charge >= 0.3 is 5.97 Å². The van der Waals surface area contributed by atoms with Crippen molar-refractivity contribution < 1.29 is 9.53 Å². The topological polar surface area (TPSA) is 26.3 Å². The Morgan fingerprint density at radius 3 is 2.22 bits per heavy atom. The van der Waals surface area contributed by atoms with Crippen molar-refractivity contribution in [3.63, 3.8) is 0 Å². The molecular formula is C7H12O2. The number of carbonyl (C=O) groups is 1. The monoisotopic (exact) mass is 128 g/mol. The lowest BCUT2D eigenvalue weighted by Crippen LogP contribution is -2.22. The third-order valence-corrected chi connectivity index (χ3v) is 1.22. The molecule has 2 heteroatoms. The van der Waals surface area contributed by atoms with Crippen molar-refractivity contribution in [2.24, 2.45) is 5.41 Å². The third kappa shape index (κ3) is 1.88. The van der Waals surface area contributed by atoms with Crippen molar-refractivity contribution >= 4 is 5.97 Å². The Morgan fingerprint density at radius 1 is 1.67 bits per heavy atom. The van der Waals surface area contributed by atoms with Crippen molar-refractivity contribution in [2.45, 2.75) is 13.8 Å². The van der Waals surface area contributed by atoms with Crippen LogP contribution in [0.3, 0.4) is 0 Å². The first-order valence-corrected chi connectivity index (χ1v) is 2.76. The molecule has 0 aromatic rings. The summed E-state index contributed by atoms with van der Waals surface area (Å²) in [4.78, 5) is 10.8. The van der Waals surface area contributed by atoms with Gasteiger partial charge in [0.05, 0.1) is 12.5 Å². The highest BCUT2D eigenvalue weighted by atomic mass is 16.5. The standard InChI is InChI=1S/C7H12O2/c1-5-7(2,3)6(8)9-4/h5H,1H2,2-4H3. The first-order valence-electron chi connectivity index (χ1n) is 2.76. The molecule has 52 valence electrons. The van der Waals surface area contributed by atoms with Gasteiger partial charge in [-0.2, -0.15) is 0 Å². The molecule has 2 nitrogen and oxygen atoms in total. The quantitative estimate of drug-likeness (QED) is 0.414. The molecule has 0 spiro atoms. The van der Waals surface area contributed by atoms with E-state index in [4.69, 9.17) is 0 Å². The molecule has 0 amide bonds. The molecule has 0 N–H and O–H groups in total. The Morgan fingerprint density at radius 2 is 2.11 bits per heavy atom. The highest BCUT2D eigenvalue weighted by molar-refractivity contribution is 5.77. The molecule has 0 radical (unpaired) electrons. The Hall–Kier alpha value is -0.790. The van der Waals surface area contributed by atoms with Crippen molar-refractivity contribution in [3.8, 4) is 0 Å². The molecule has 0 aliphatic carbocycles. The Bertz CT molecular complexity index is 125. The zero-order chi connectivity index (χ0) is 7.49. The summed E-state index contributed by atoms with van der Waals surface area (Å²) in [5, 5.41) is 0. The molecule has 0 saturated heterocycles. The lowest BCUT2D eigenvalue weighted by atomic mass is 9.94. The lowest BCUT2D eigenvalue weighted by molar-refractivity contribution is -0.148. The van der Waals surface area contributed by atoms with Gasteiger partial charge in [-0.15, -0.1) is 6.58 Å². The molecule has 0 rings (SSSR count). The average Bonchev–Trinajstić information content (AvgIpc) is 1.86. The van der Waals surface area contributed by atoms with Crippen molar-refractivity contribution in [3.05, 3.63) is 12.7 Å². The fourth-order valence-corrected chi connectivity index (χ4v) is 0.346. The highest BCUT2D eigenvalue weighted by Gasteiger charge is 2.23. The molecule has 0 saturated carbocycles. The van der Waals surface area contributed by atoms with Gasteiger partial charge in [-0.1, -0.05) is 6.08 Å². The van der Waals surface area contributed by atoms with Crippen LogP contribution >= 0.6 is 0 Å². The zero-order valence-corrected chi connectivity index (χ0v) is 6.10. The van der Waals surface area contributed by atoms with Gasteiger partial charge < -0.3 is 4.74 Å². The van der Waals surface area contributed by atoms with Crippen LogP contribution in [0.5, 0.6) is 0 Å². The number of hydrogen-bond acceptors (Lipinski definition) is 2. The fourth-order valence-electron chi connectivity index (χ4n) is 0.346. The van der Waals surface area contributed by atoms with Crippen molar-refractivity contribution in [1.82, 2.24) is 0 Å². The van der Waals surface area contributed by atoms with E-state index in [1.807, 2.05) is 0 Å². The molecule has 0 atom stereocenters. The second-order valence-electron chi connectivity index (χ2n) is 2.42. The minimum absolute atomic E-state index is 0.252. The number of methoxy groups -OCH3 is 1. The van der Waals surface area contributed by atoms with Crippen LogP contribution in [0.15, 0.2) is 12.7 Å². The van der Waals surface area contributed by atoms with Gasteiger partial charge in [0.2, 0.25) is 0 Å². The van der Waals surface area contributed by atoms with Crippen LogP contribution in [0.2, 0.25) is 0 Å². The smallest absolute Gasteiger partial charge is 0.315 e. The molecule has 0 unspecified atom stereocenters. The van der Waals surface area contributed by atoms with Gasteiger partial charge in [-0.25, -0.2) is 0 Å². The molecule has 0 bridgehead atoms. The number of ether oxygens (including phenoxy) is 1. The van der Waals surface area contributed by atoms with Gasteiger partial charge in [-0.3, -0.25) is 4.79 Å². The maximum absolute atomic E-state index is 10.8. The van der Waals surface area contributed by atoms with E-state index in [2.05, 4.69) is 11.3 Å². The summed E-state index contributed by atoms with van der Waals surface area (Å²) >= 11 is 0. The first-order chi connectivity index (χ1) is 4.04. The van der Waals surface area contributed by atoms with Gasteiger partial charge in [0.25, 0.3) is 0 Å². The second kappa shape index (κ2) is 2.67. The van der Waals surface area contributed by atoms with E-state index in [0.29, 0.717) is 0 Å². The van der Waals surface area contributed by atoms with Crippen molar-refractivity contribution in [2.75, 3.05) is 7.11 Å².